The molecule has 13 heavy (non-hydrogen) atoms. The van der Waals surface area contributed by atoms with E-state index in [1.54, 1.807) is 7.11 Å². The molecule has 0 rings (SSSR count). The number of methoxy groups -OCH3 is 1. The largest absolute Gasteiger partial charge is 0.393 e. The van der Waals surface area contributed by atoms with Crippen molar-refractivity contribution in [1.29, 1.82) is 0 Å². The monoisotopic (exact) mass is 205 g/mol. The summed E-state index contributed by atoms with van der Waals surface area (Å²) >= 11 is 4.68. The molecule has 0 aliphatic rings. The Hall–Kier alpha value is -0.880. The molecule has 0 aromatic rings. The third-order valence-corrected chi connectivity index (χ3v) is 1.71. The fraction of sp³-hybridized carbons (Fsp3) is 0.714. The highest BCUT2D eigenvalue weighted by molar-refractivity contribution is 7.80. The number of hydrogen-bond donors (Lipinski definition) is 2. The standard InChI is InChI=1S/C7H15N3O2S/c1-12-5-4-10(7(9)11)3-2-6(8)13/h2-5H2,1H3,(H2,8,13)(H2,9,11). The number of carbonyl (C=O) groups is 1. The molecular formula is C7H15N3O2S. The van der Waals surface area contributed by atoms with Gasteiger partial charge in [0.05, 0.1) is 11.6 Å². The number of carbonyl (C=O) groups excluding carboxylic acids is 1. The first-order chi connectivity index (χ1) is 6.07. The lowest BCUT2D eigenvalue weighted by Crippen LogP contribution is -2.39. The Bertz CT molecular complexity index is 187. The molecule has 0 bridgehead atoms. The van der Waals surface area contributed by atoms with E-state index in [1.807, 2.05) is 0 Å². The number of ether oxygens (including phenoxy) is 1. The highest BCUT2D eigenvalue weighted by Gasteiger charge is 2.08. The van der Waals surface area contributed by atoms with Crippen LogP contribution in [0.3, 0.4) is 0 Å². The SMILES string of the molecule is COCCN(CCC(N)=S)C(N)=O. The molecule has 0 radical (unpaired) electrons. The van der Waals surface area contributed by atoms with Crippen molar-refractivity contribution in [3.05, 3.63) is 0 Å². The zero-order valence-corrected chi connectivity index (χ0v) is 8.47. The fourth-order valence-corrected chi connectivity index (χ4v) is 0.870. The van der Waals surface area contributed by atoms with E-state index in [1.165, 1.54) is 4.90 Å². The van der Waals surface area contributed by atoms with Crippen molar-refractivity contribution in [3.8, 4) is 0 Å². The maximum Gasteiger partial charge on any atom is 0.314 e. The van der Waals surface area contributed by atoms with Gasteiger partial charge in [0.1, 0.15) is 0 Å². The summed E-state index contributed by atoms with van der Waals surface area (Å²) < 4.78 is 4.82. The minimum absolute atomic E-state index is 0.378. The van der Waals surface area contributed by atoms with E-state index in [2.05, 4.69) is 12.2 Å². The molecule has 76 valence electrons. The van der Waals surface area contributed by atoms with E-state index in [0.29, 0.717) is 31.1 Å². The van der Waals surface area contributed by atoms with Crippen LogP contribution in [-0.2, 0) is 4.74 Å². The Labute approximate surface area is 83.0 Å². The van der Waals surface area contributed by atoms with E-state index in [4.69, 9.17) is 16.2 Å². The second-order valence-corrected chi connectivity index (χ2v) is 3.06. The Kier molecular flexibility index (Phi) is 6.17. The third kappa shape index (κ3) is 6.30. The first kappa shape index (κ1) is 12.1. The predicted octanol–water partition coefficient (Wildman–Crippen LogP) is -0.310. The topological polar surface area (TPSA) is 81.6 Å². The first-order valence-corrected chi connectivity index (χ1v) is 4.30. The van der Waals surface area contributed by atoms with Crippen molar-refractivity contribution < 1.29 is 9.53 Å². The van der Waals surface area contributed by atoms with Crippen molar-refractivity contribution in [1.82, 2.24) is 4.90 Å². The van der Waals surface area contributed by atoms with Crippen LogP contribution in [0.2, 0.25) is 0 Å². The summed E-state index contributed by atoms with van der Waals surface area (Å²) in [5, 5.41) is 0. The van der Waals surface area contributed by atoms with Gasteiger partial charge in [-0.1, -0.05) is 12.2 Å². The zero-order chi connectivity index (χ0) is 10.3. The average Bonchev–Trinajstić information content (AvgIpc) is 2.03. The van der Waals surface area contributed by atoms with Crippen LogP contribution in [0, 0.1) is 0 Å². The van der Waals surface area contributed by atoms with Crippen LogP contribution < -0.4 is 11.5 Å². The van der Waals surface area contributed by atoms with Crippen LogP contribution >= 0.6 is 12.2 Å². The molecule has 0 unspecified atom stereocenters. The molecule has 5 nitrogen and oxygen atoms in total. The molecule has 0 aliphatic carbocycles. The van der Waals surface area contributed by atoms with Crippen LogP contribution in [0.25, 0.3) is 0 Å². The highest BCUT2D eigenvalue weighted by atomic mass is 32.1. The van der Waals surface area contributed by atoms with Crippen molar-refractivity contribution in [2.24, 2.45) is 11.5 Å². The van der Waals surface area contributed by atoms with E-state index in [0.717, 1.165) is 0 Å². The smallest absolute Gasteiger partial charge is 0.314 e. The van der Waals surface area contributed by atoms with Gasteiger partial charge in [-0.25, -0.2) is 4.79 Å². The van der Waals surface area contributed by atoms with Crippen molar-refractivity contribution in [2.75, 3.05) is 26.8 Å². The summed E-state index contributed by atoms with van der Waals surface area (Å²) in [6.07, 6.45) is 0.488. The second kappa shape index (κ2) is 6.62. The van der Waals surface area contributed by atoms with E-state index in [9.17, 15) is 4.79 Å². The van der Waals surface area contributed by atoms with Gasteiger partial charge in [-0.3, -0.25) is 0 Å². The molecule has 2 amide bonds. The van der Waals surface area contributed by atoms with Gasteiger partial charge in [-0.05, 0) is 0 Å². The number of nitrogens with two attached hydrogens (primary N) is 2. The van der Waals surface area contributed by atoms with Crippen molar-refractivity contribution in [2.45, 2.75) is 6.42 Å². The number of amides is 2. The van der Waals surface area contributed by atoms with Crippen LogP contribution in [-0.4, -0.2) is 42.7 Å². The third-order valence-electron chi connectivity index (χ3n) is 1.51. The summed E-state index contributed by atoms with van der Waals surface area (Å²) in [4.78, 5) is 12.7. The molecule has 0 atom stereocenters. The van der Waals surface area contributed by atoms with Gasteiger partial charge < -0.3 is 21.1 Å². The number of nitrogens with zero attached hydrogens (tertiary/aromatic N) is 1. The Morgan fingerprint density at radius 3 is 2.46 bits per heavy atom. The average molecular weight is 205 g/mol. The van der Waals surface area contributed by atoms with Crippen LogP contribution in [0.5, 0.6) is 0 Å². The maximum absolute atomic E-state index is 10.8. The minimum Gasteiger partial charge on any atom is -0.393 e. The molecule has 0 aliphatic heterocycles. The molecular weight excluding hydrogens is 190 g/mol. The van der Waals surface area contributed by atoms with Gasteiger partial charge in [0.25, 0.3) is 0 Å². The van der Waals surface area contributed by atoms with Gasteiger partial charge in [0, 0.05) is 26.6 Å². The van der Waals surface area contributed by atoms with Crippen LogP contribution in [0.1, 0.15) is 6.42 Å². The van der Waals surface area contributed by atoms with Gasteiger partial charge >= 0.3 is 6.03 Å². The Morgan fingerprint density at radius 2 is 2.08 bits per heavy atom. The van der Waals surface area contributed by atoms with Gasteiger partial charge in [0.15, 0.2) is 0 Å². The quantitative estimate of drug-likeness (QED) is 0.583. The Balaban J connectivity index is 3.80. The molecule has 6 heteroatoms. The number of thiocarbonyl (C=S) groups is 1. The molecule has 0 fully saturated rings. The molecule has 0 saturated carbocycles. The molecule has 0 spiro atoms. The summed E-state index contributed by atoms with van der Waals surface area (Å²) in [7, 11) is 1.56. The summed E-state index contributed by atoms with van der Waals surface area (Å²) in [5.74, 6) is 0. The number of hydrogen-bond acceptors (Lipinski definition) is 3. The lowest BCUT2D eigenvalue weighted by Gasteiger charge is -2.19. The van der Waals surface area contributed by atoms with Gasteiger partial charge in [-0.2, -0.15) is 0 Å². The van der Waals surface area contributed by atoms with Crippen LogP contribution in [0.15, 0.2) is 0 Å². The van der Waals surface area contributed by atoms with Crippen molar-refractivity contribution in [3.63, 3.8) is 0 Å². The molecule has 0 aromatic heterocycles. The van der Waals surface area contributed by atoms with Crippen molar-refractivity contribution >= 4 is 23.2 Å². The van der Waals surface area contributed by atoms with Gasteiger partial charge in [-0.15, -0.1) is 0 Å². The zero-order valence-electron chi connectivity index (χ0n) is 7.66. The number of rotatable bonds is 6. The number of urea groups is 1. The normalized spacial score (nSPS) is 9.62. The lowest BCUT2D eigenvalue weighted by molar-refractivity contribution is 0.155. The van der Waals surface area contributed by atoms with Gasteiger partial charge in [0.2, 0.25) is 0 Å². The Morgan fingerprint density at radius 1 is 1.46 bits per heavy atom. The van der Waals surface area contributed by atoms with E-state index >= 15 is 0 Å². The summed E-state index contributed by atoms with van der Waals surface area (Å²) in [5.41, 5.74) is 10.4. The molecule has 0 aromatic carbocycles. The fourth-order valence-electron chi connectivity index (χ4n) is 0.779. The van der Waals surface area contributed by atoms with Crippen LogP contribution in [0.4, 0.5) is 4.79 Å². The maximum atomic E-state index is 10.8. The second-order valence-electron chi connectivity index (χ2n) is 2.53. The summed E-state index contributed by atoms with van der Waals surface area (Å²) in [6, 6.07) is -0.478. The minimum atomic E-state index is -0.478. The predicted molar refractivity (Wildman–Crippen MR) is 54.4 cm³/mol. The molecule has 0 heterocycles. The van der Waals surface area contributed by atoms with E-state index < -0.39 is 6.03 Å². The molecule has 4 N–H and O–H groups in total. The van der Waals surface area contributed by atoms with E-state index in [-0.39, 0.29) is 0 Å². The number of primary amides is 1. The lowest BCUT2D eigenvalue weighted by atomic mass is 10.4. The first-order valence-electron chi connectivity index (χ1n) is 3.89. The highest BCUT2D eigenvalue weighted by Crippen LogP contribution is 1.91. The molecule has 0 saturated heterocycles. The summed E-state index contributed by atoms with van der Waals surface area (Å²) in [6.45, 7) is 1.38.